The van der Waals surface area contributed by atoms with E-state index in [1.165, 1.54) is 6.20 Å². The molecule has 8 nitrogen and oxygen atoms in total. The number of morpholine rings is 1. The summed E-state index contributed by atoms with van der Waals surface area (Å²) in [6.45, 7) is 3.66. The summed E-state index contributed by atoms with van der Waals surface area (Å²) in [4.78, 5) is 13.9. The smallest absolute Gasteiger partial charge is 0.228 e. The Labute approximate surface area is 151 Å². The van der Waals surface area contributed by atoms with Crippen LogP contribution in [0, 0.1) is 0 Å². The number of anilines is 2. The monoisotopic (exact) mass is 354 g/mol. The summed E-state index contributed by atoms with van der Waals surface area (Å²) in [5, 5.41) is 0. The van der Waals surface area contributed by atoms with Gasteiger partial charge in [0.05, 0.1) is 37.1 Å². The molecule has 0 atom stereocenters. The maximum Gasteiger partial charge on any atom is 0.228 e. The Morgan fingerprint density at radius 3 is 2.69 bits per heavy atom. The number of fused-ring (bicyclic) bond motifs is 1. The lowest BCUT2D eigenvalue weighted by atomic mass is 10.1. The van der Waals surface area contributed by atoms with Gasteiger partial charge in [-0.15, -0.1) is 0 Å². The van der Waals surface area contributed by atoms with E-state index in [0.29, 0.717) is 19.2 Å². The fourth-order valence-corrected chi connectivity index (χ4v) is 3.37. The SMILES string of the molecule is N/C=C\C(=C/N)N1CCc2c(-c3ccoc3)nc(N3CCOCC3)nc21. The summed E-state index contributed by atoms with van der Waals surface area (Å²) in [6, 6.07) is 1.92. The van der Waals surface area contributed by atoms with Gasteiger partial charge < -0.3 is 30.4 Å². The average molecular weight is 354 g/mol. The van der Waals surface area contributed by atoms with Gasteiger partial charge in [-0.25, -0.2) is 4.98 Å². The second kappa shape index (κ2) is 7.09. The lowest BCUT2D eigenvalue weighted by Gasteiger charge is -2.28. The van der Waals surface area contributed by atoms with Crippen molar-refractivity contribution in [3.05, 3.63) is 48.3 Å². The number of hydrogen-bond acceptors (Lipinski definition) is 8. The first kappa shape index (κ1) is 16.5. The van der Waals surface area contributed by atoms with E-state index in [1.807, 2.05) is 6.07 Å². The molecule has 0 aromatic carbocycles. The van der Waals surface area contributed by atoms with E-state index in [0.717, 1.165) is 54.4 Å². The largest absolute Gasteiger partial charge is 0.472 e. The van der Waals surface area contributed by atoms with E-state index in [1.54, 1.807) is 24.8 Å². The number of rotatable bonds is 4. The number of aromatic nitrogens is 2. The van der Waals surface area contributed by atoms with Gasteiger partial charge in [0, 0.05) is 37.0 Å². The van der Waals surface area contributed by atoms with Crippen molar-refractivity contribution in [2.45, 2.75) is 6.42 Å². The van der Waals surface area contributed by atoms with Crippen LogP contribution in [0.25, 0.3) is 11.3 Å². The number of nitrogens with zero attached hydrogens (tertiary/aromatic N) is 4. The van der Waals surface area contributed by atoms with Crippen molar-refractivity contribution >= 4 is 11.8 Å². The molecule has 0 bridgehead atoms. The molecular weight excluding hydrogens is 332 g/mol. The molecule has 2 aliphatic rings. The van der Waals surface area contributed by atoms with Crippen LogP contribution in [0.5, 0.6) is 0 Å². The molecule has 0 spiro atoms. The zero-order valence-corrected chi connectivity index (χ0v) is 14.5. The van der Waals surface area contributed by atoms with Gasteiger partial charge in [0.1, 0.15) is 5.82 Å². The molecule has 0 aliphatic carbocycles. The summed E-state index contributed by atoms with van der Waals surface area (Å²) < 4.78 is 10.7. The van der Waals surface area contributed by atoms with Crippen LogP contribution in [0.3, 0.4) is 0 Å². The molecule has 2 aliphatic heterocycles. The minimum atomic E-state index is 0.676. The van der Waals surface area contributed by atoms with E-state index < -0.39 is 0 Å². The Bertz CT molecular complexity index is 824. The maximum atomic E-state index is 5.81. The third kappa shape index (κ3) is 2.88. The van der Waals surface area contributed by atoms with Crippen molar-refractivity contribution in [2.24, 2.45) is 11.5 Å². The highest BCUT2D eigenvalue weighted by Gasteiger charge is 2.29. The Morgan fingerprint density at radius 2 is 2.00 bits per heavy atom. The van der Waals surface area contributed by atoms with Gasteiger partial charge in [-0.1, -0.05) is 0 Å². The van der Waals surface area contributed by atoms with Crippen molar-refractivity contribution in [3.63, 3.8) is 0 Å². The van der Waals surface area contributed by atoms with Crippen LogP contribution in [0.1, 0.15) is 5.56 Å². The Kier molecular flexibility index (Phi) is 4.49. The highest BCUT2D eigenvalue weighted by molar-refractivity contribution is 5.74. The molecule has 4 heterocycles. The molecule has 26 heavy (non-hydrogen) atoms. The number of nitrogens with two attached hydrogens (primary N) is 2. The molecule has 4 N–H and O–H groups in total. The molecule has 2 aromatic heterocycles. The Balaban J connectivity index is 1.82. The van der Waals surface area contributed by atoms with Crippen LogP contribution in [-0.2, 0) is 11.2 Å². The fourth-order valence-electron chi connectivity index (χ4n) is 3.37. The third-order valence-electron chi connectivity index (χ3n) is 4.65. The van der Waals surface area contributed by atoms with Crippen molar-refractivity contribution in [1.82, 2.24) is 9.97 Å². The van der Waals surface area contributed by atoms with E-state index >= 15 is 0 Å². The van der Waals surface area contributed by atoms with E-state index in [-0.39, 0.29) is 0 Å². The molecule has 136 valence electrons. The normalized spacial score (nSPS) is 17.9. The highest BCUT2D eigenvalue weighted by Crippen LogP contribution is 2.37. The van der Waals surface area contributed by atoms with Crippen molar-refractivity contribution < 1.29 is 9.15 Å². The minimum absolute atomic E-state index is 0.676. The lowest BCUT2D eigenvalue weighted by molar-refractivity contribution is 0.122. The van der Waals surface area contributed by atoms with Crippen LogP contribution in [0.4, 0.5) is 11.8 Å². The first-order valence-corrected chi connectivity index (χ1v) is 8.65. The fraction of sp³-hybridized carbons (Fsp3) is 0.333. The maximum absolute atomic E-state index is 5.81. The molecule has 0 amide bonds. The second-order valence-electron chi connectivity index (χ2n) is 6.14. The number of ether oxygens (including phenoxy) is 1. The van der Waals surface area contributed by atoms with Gasteiger partial charge in [-0.3, -0.25) is 0 Å². The van der Waals surface area contributed by atoms with Gasteiger partial charge in [0.15, 0.2) is 0 Å². The van der Waals surface area contributed by atoms with Crippen LogP contribution >= 0.6 is 0 Å². The van der Waals surface area contributed by atoms with Gasteiger partial charge in [0.25, 0.3) is 0 Å². The highest BCUT2D eigenvalue weighted by atomic mass is 16.5. The Morgan fingerprint density at radius 1 is 1.15 bits per heavy atom. The van der Waals surface area contributed by atoms with Crippen LogP contribution in [0.15, 0.2) is 47.2 Å². The predicted octanol–water partition coefficient (Wildman–Crippen LogP) is 1.21. The molecule has 1 fully saturated rings. The predicted molar refractivity (Wildman–Crippen MR) is 99.4 cm³/mol. The summed E-state index contributed by atoms with van der Waals surface area (Å²) in [5.41, 5.74) is 15.2. The van der Waals surface area contributed by atoms with E-state index in [2.05, 4.69) is 9.80 Å². The number of allylic oxidation sites excluding steroid dienone is 1. The molecule has 8 heteroatoms. The zero-order valence-electron chi connectivity index (χ0n) is 14.5. The zero-order chi connectivity index (χ0) is 17.9. The van der Waals surface area contributed by atoms with Gasteiger partial charge in [-0.05, 0) is 24.8 Å². The standard InChI is InChI=1S/C18H22N6O2/c19-4-1-14(11-20)24-5-2-15-16(13-3-8-26-12-13)21-18(22-17(15)24)23-6-9-25-10-7-23/h1,3-4,8,11-12H,2,5-7,9-10,19-20H2/b4-1-,14-11+. The Hall–Kier alpha value is -3.00. The van der Waals surface area contributed by atoms with Crippen molar-refractivity contribution in [3.8, 4) is 11.3 Å². The molecule has 0 saturated carbocycles. The van der Waals surface area contributed by atoms with Crippen LogP contribution in [-0.4, -0.2) is 42.8 Å². The minimum Gasteiger partial charge on any atom is -0.472 e. The first-order chi connectivity index (χ1) is 12.8. The average Bonchev–Trinajstić information content (AvgIpc) is 3.36. The molecular formula is C18H22N6O2. The molecule has 1 saturated heterocycles. The lowest BCUT2D eigenvalue weighted by Crippen LogP contribution is -2.37. The first-order valence-electron chi connectivity index (χ1n) is 8.65. The second-order valence-corrected chi connectivity index (χ2v) is 6.14. The third-order valence-corrected chi connectivity index (χ3v) is 4.65. The molecule has 0 radical (unpaired) electrons. The topological polar surface area (TPSA) is 107 Å². The number of hydrogen-bond donors (Lipinski definition) is 2. The van der Waals surface area contributed by atoms with Crippen molar-refractivity contribution in [2.75, 3.05) is 42.6 Å². The summed E-state index contributed by atoms with van der Waals surface area (Å²) in [5.74, 6) is 1.57. The quantitative estimate of drug-likeness (QED) is 0.789. The van der Waals surface area contributed by atoms with Crippen molar-refractivity contribution in [1.29, 1.82) is 0 Å². The summed E-state index contributed by atoms with van der Waals surface area (Å²) in [7, 11) is 0. The summed E-state index contributed by atoms with van der Waals surface area (Å²) >= 11 is 0. The van der Waals surface area contributed by atoms with Gasteiger partial charge in [0.2, 0.25) is 5.95 Å². The van der Waals surface area contributed by atoms with Gasteiger partial charge >= 0.3 is 0 Å². The van der Waals surface area contributed by atoms with Crippen LogP contribution in [0.2, 0.25) is 0 Å². The van der Waals surface area contributed by atoms with E-state index in [4.69, 9.17) is 30.6 Å². The summed E-state index contributed by atoms with van der Waals surface area (Å²) in [6.07, 6.45) is 9.02. The van der Waals surface area contributed by atoms with Gasteiger partial charge in [-0.2, -0.15) is 4.98 Å². The molecule has 2 aromatic rings. The molecule has 0 unspecified atom stereocenters. The van der Waals surface area contributed by atoms with Crippen LogP contribution < -0.4 is 21.3 Å². The molecule has 4 rings (SSSR count). The van der Waals surface area contributed by atoms with E-state index in [9.17, 15) is 0 Å². The number of furan rings is 1.